The predicted octanol–water partition coefficient (Wildman–Crippen LogP) is 4.17. The molecule has 2 aromatic rings. The smallest absolute Gasteiger partial charge is 0.148 e. The normalized spacial score (nSPS) is 10.3. The molecular weight excluding hydrogens is 283 g/mol. The van der Waals surface area contributed by atoms with Gasteiger partial charge in [-0.3, -0.25) is 0 Å². The van der Waals surface area contributed by atoms with Crippen LogP contribution in [0.5, 0.6) is 0 Å². The lowest BCUT2D eigenvalue weighted by molar-refractivity contribution is 0.632. The molecule has 0 saturated carbocycles. The molecule has 0 fully saturated rings. The molecule has 0 radical (unpaired) electrons. The van der Waals surface area contributed by atoms with Crippen LogP contribution in [-0.2, 0) is 0 Å². The van der Waals surface area contributed by atoms with Gasteiger partial charge in [0.2, 0.25) is 0 Å². The van der Waals surface area contributed by atoms with E-state index in [1.54, 1.807) is 18.2 Å². The first kappa shape index (κ1) is 13.8. The van der Waals surface area contributed by atoms with Gasteiger partial charge in [-0.15, -0.1) is 0 Å². The van der Waals surface area contributed by atoms with Crippen molar-refractivity contribution in [3.8, 4) is 0 Å². The third-order valence-electron chi connectivity index (χ3n) is 2.75. The fourth-order valence-electron chi connectivity index (χ4n) is 1.78. The molecule has 3 N–H and O–H groups in total. The minimum Gasteiger partial charge on any atom is -0.389 e. The summed E-state index contributed by atoms with van der Waals surface area (Å²) in [6, 6.07) is 10.0. The molecule has 0 saturated heterocycles. The van der Waals surface area contributed by atoms with Gasteiger partial charge in [0, 0.05) is 5.56 Å². The average molecular weight is 295 g/mol. The van der Waals surface area contributed by atoms with Crippen molar-refractivity contribution >= 4 is 40.2 Å². The summed E-state index contributed by atoms with van der Waals surface area (Å²) in [4.78, 5) is 0.249. The van der Waals surface area contributed by atoms with Crippen molar-refractivity contribution in [2.75, 3.05) is 5.32 Å². The molecule has 0 aromatic heterocycles. The lowest BCUT2D eigenvalue weighted by atomic mass is 10.1. The Morgan fingerprint density at radius 2 is 1.89 bits per heavy atom. The highest BCUT2D eigenvalue weighted by atomic mass is 35.5. The maximum Gasteiger partial charge on any atom is 0.148 e. The highest BCUT2D eigenvalue weighted by Gasteiger charge is 2.12. The SMILES string of the molecule is Cc1cccc(C(N)=S)c1Nc1c(F)cccc1Cl. The molecule has 0 aliphatic rings. The van der Waals surface area contributed by atoms with Crippen LogP contribution < -0.4 is 11.1 Å². The van der Waals surface area contributed by atoms with Gasteiger partial charge in [0.15, 0.2) is 0 Å². The fourth-order valence-corrected chi connectivity index (χ4v) is 2.16. The van der Waals surface area contributed by atoms with E-state index in [2.05, 4.69) is 5.32 Å². The Balaban J connectivity index is 2.52. The second-order valence-electron chi connectivity index (χ2n) is 4.08. The highest BCUT2D eigenvalue weighted by molar-refractivity contribution is 7.80. The van der Waals surface area contributed by atoms with E-state index >= 15 is 0 Å². The van der Waals surface area contributed by atoms with Crippen LogP contribution in [0, 0.1) is 12.7 Å². The molecule has 98 valence electrons. The summed E-state index contributed by atoms with van der Waals surface area (Å²) in [5, 5.41) is 3.29. The fraction of sp³-hybridized carbons (Fsp3) is 0.0714. The first-order valence-corrected chi connectivity index (χ1v) is 6.40. The topological polar surface area (TPSA) is 38.0 Å². The van der Waals surface area contributed by atoms with Crippen LogP contribution in [0.25, 0.3) is 0 Å². The summed E-state index contributed by atoms with van der Waals surface area (Å²) in [7, 11) is 0. The number of halogens is 2. The Morgan fingerprint density at radius 3 is 2.53 bits per heavy atom. The highest BCUT2D eigenvalue weighted by Crippen LogP contribution is 2.31. The van der Waals surface area contributed by atoms with E-state index in [1.165, 1.54) is 6.07 Å². The van der Waals surface area contributed by atoms with Crippen molar-refractivity contribution in [3.05, 3.63) is 58.4 Å². The Hall–Kier alpha value is -1.65. The van der Waals surface area contributed by atoms with Crippen molar-refractivity contribution in [1.29, 1.82) is 0 Å². The molecule has 5 heteroatoms. The van der Waals surface area contributed by atoms with Crippen LogP contribution in [0.1, 0.15) is 11.1 Å². The molecule has 2 nitrogen and oxygen atoms in total. The summed E-state index contributed by atoms with van der Waals surface area (Å²) in [6.45, 7) is 1.89. The van der Waals surface area contributed by atoms with Gasteiger partial charge in [-0.2, -0.15) is 0 Å². The second kappa shape index (κ2) is 5.55. The third-order valence-corrected chi connectivity index (χ3v) is 3.29. The number of thiocarbonyl (C=S) groups is 1. The minimum absolute atomic E-state index is 0.218. The van der Waals surface area contributed by atoms with Crippen LogP contribution in [0.2, 0.25) is 5.02 Å². The molecule has 0 atom stereocenters. The Morgan fingerprint density at radius 1 is 1.21 bits per heavy atom. The Kier molecular flexibility index (Phi) is 4.02. The molecule has 2 aromatic carbocycles. The van der Waals surface area contributed by atoms with Gasteiger partial charge < -0.3 is 11.1 Å². The first-order chi connectivity index (χ1) is 9.00. The number of rotatable bonds is 3. The summed E-state index contributed by atoms with van der Waals surface area (Å²) < 4.78 is 13.8. The average Bonchev–Trinajstić information content (AvgIpc) is 2.35. The molecule has 2 rings (SSSR count). The van der Waals surface area contributed by atoms with E-state index < -0.39 is 5.82 Å². The van der Waals surface area contributed by atoms with Gasteiger partial charge >= 0.3 is 0 Å². The van der Waals surface area contributed by atoms with E-state index in [0.29, 0.717) is 16.3 Å². The van der Waals surface area contributed by atoms with Crippen LogP contribution in [0.3, 0.4) is 0 Å². The van der Waals surface area contributed by atoms with Gasteiger partial charge in [-0.1, -0.05) is 42.0 Å². The van der Waals surface area contributed by atoms with Gasteiger partial charge in [-0.25, -0.2) is 4.39 Å². The van der Waals surface area contributed by atoms with Gasteiger partial charge in [-0.05, 0) is 30.7 Å². The molecule has 19 heavy (non-hydrogen) atoms. The maximum absolute atomic E-state index is 13.8. The van der Waals surface area contributed by atoms with Crippen molar-refractivity contribution < 1.29 is 4.39 Å². The molecule has 0 spiro atoms. The summed E-state index contributed by atoms with van der Waals surface area (Å²) >= 11 is 11.0. The Labute approximate surface area is 121 Å². The summed E-state index contributed by atoms with van der Waals surface area (Å²) in [6.07, 6.45) is 0. The molecule has 0 heterocycles. The van der Waals surface area contributed by atoms with Crippen LogP contribution in [-0.4, -0.2) is 4.99 Å². The number of para-hydroxylation sites is 2. The van der Waals surface area contributed by atoms with E-state index in [0.717, 1.165) is 5.56 Å². The maximum atomic E-state index is 13.8. The van der Waals surface area contributed by atoms with E-state index in [9.17, 15) is 4.39 Å². The minimum atomic E-state index is -0.426. The molecule has 0 aliphatic heterocycles. The van der Waals surface area contributed by atoms with Crippen molar-refractivity contribution in [3.63, 3.8) is 0 Å². The lowest BCUT2D eigenvalue weighted by Gasteiger charge is -2.15. The zero-order valence-electron chi connectivity index (χ0n) is 10.2. The largest absolute Gasteiger partial charge is 0.389 e. The van der Waals surface area contributed by atoms with Crippen LogP contribution in [0.4, 0.5) is 15.8 Å². The van der Waals surface area contributed by atoms with Gasteiger partial charge in [0.25, 0.3) is 0 Å². The number of benzene rings is 2. The molecule has 0 amide bonds. The number of hydrogen-bond donors (Lipinski definition) is 2. The van der Waals surface area contributed by atoms with Gasteiger partial charge in [0.1, 0.15) is 10.8 Å². The van der Waals surface area contributed by atoms with Crippen molar-refractivity contribution in [1.82, 2.24) is 0 Å². The van der Waals surface area contributed by atoms with E-state index in [-0.39, 0.29) is 10.7 Å². The molecular formula is C14H12ClFN2S. The summed E-state index contributed by atoms with van der Waals surface area (Å²) in [5.74, 6) is -0.426. The molecule has 0 aliphatic carbocycles. The van der Waals surface area contributed by atoms with Crippen molar-refractivity contribution in [2.45, 2.75) is 6.92 Å². The standard InChI is InChI=1S/C14H12ClFN2S/c1-8-4-2-5-9(14(17)19)12(8)18-13-10(15)6-3-7-11(13)16/h2-7,18H,1H3,(H2,17,19). The van der Waals surface area contributed by atoms with Crippen molar-refractivity contribution in [2.24, 2.45) is 5.73 Å². The quantitative estimate of drug-likeness (QED) is 0.835. The number of nitrogens with one attached hydrogen (secondary N) is 1. The second-order valence-corrected chi connectivity index (χ2v) is 4.93. The zero-order chi connectivity index (χ0) is 14.0. The number of nitrogens with two attached hydrogens (primary N) is 1. The molecule has 0 bridgehead atoms. The zero-order valence-corrected chi connectivity index (χ0v) is 11.8. The number of hydrogen-bond acceptors (Lipinski definition) is 2. The number of aryl methyl sites for hydroxylation is 1. The third kappa shape index (κ3) is 2.85. The van der Waals surface area contributed by atoms with Crippen LogP contribution in [0.15, 0.2) is 36.4 Å². The first-order valence-electron chi connectivity index (χ1n) is 5.61. The van der Waals surface area contributed by atoms with E-state index in [4.69, 9.17) is 29.6 Å². The lowest BCUT2D eigenvalue weighted by Crippen LogP contribution is -2.13. The van der Waals surface area contributed by atoms with Crippen LogP contribution >= 0.6 is 23.8 Å². The van der Waals surface area contributed by atoms with Gasteiger partial charge in [0.05, 0.1) is 16.4 Å². The summed E-state index contributed by atoms with van der Waals surface area (Å²) in [5.41, 5.74) is 8.13. The number of anilines is 2. The monoisotopic (exact) mass is 294 g/mol. The predicted molar refractivity (Wildman–Crippen MR) is 81.8 cm³/mol. The van der Waals surface area contributed by atoms with E-state index in [1.807, 2.05) is 19.1 Å². The molecule has 0 unspecified atom stereocenters. The Bertz CT molecular complexity index is 623.